The van der Waals surface area contributed by atoms with Gasteiger partial charge >= 0.3 is 5.63 Å². The lowest BCUT2D eigenvalue weighted by atomic mass is 10.0. The summed E-state index contributed by atoms with van der Waals surface area (Å²) in [5, 5.41) is 5.05. The van der Waals surface area contributed by atoms with E-state index in [1.807, 2.05) is 43.5 Å². The van der Waals surface area contributed by atoms with Crippen LogP contribution in [0.1, 0.15) is 28.7 Å². The molecule has 0 bridgehead atoms. The molecule has 6 nitrogen and oxygen atoms in total. The van der Waals surface area contributed by atoms with Crippen LogP contribution in [0.5, 0.6) is 5.75 Å². The molecule has 2 aromatic carbocycles. The largest absolute Gasteiger partial charge is 0.483 e. The number of hydrogen-bond acceptors (Lipinski definition) is 4. The van der Waals surface area contributed by atoms with Gasteiger partial charge in [0.25, 0.3) is 5.91 Å². The van der Waals surface area contributed by atoms with Crippen LogP contribution in [0, 0.1) is 6.92 Å². The van der Waals surface area contributed by atoms with Crippen molar-refractivity contribution < 1.29 is 13.9 Å². The molecule has 1 aliphatic rings. The molecule has 0 spiro atoms. The molecule has 0 saturated heterocycles. The van der Waals surface area contributed by atoms with E-state index in [9.17, 15) is 9.59 Å². The third-order valence-electron chi connectivity index (χ3n) is 6.09. The average Bonchev–Trinajstić information content (AvgIpc) is 3.42. The molecule has 5 rings (SSSR count). The van der Waals surface area contributed by atoms with E-state index in [1.165, 1.54) is 10.9 Å². The number of nitrogens with one attached hydrogen (secondary N) is 2. The van der Waals surface area contributed by atoms with Crippen molar-refractivity contribution in [2.75, 3.05) is 13.2 Å². The van der Waals surface area contributed by atoms with Crippen molar-refractivity contribution >= 4 is 27.8 Å². The maximum Gasteiger partial charge on any atom is 0.339 e. The van der Waals surface area contributed by atoms with Gasteiger partial charge in [-0.1, -0.05) is 18.2 Å². The molecule has 1 amide bonds. The predicted octanol–water partition coefficient (Wildman–Crippen LogP) is 3.81. The van der Waals surface area contributed by atoms with E-state index in [2.05, 4.69) is 16.4 Å². The standard InChI is InChI=1S/C25H24N2O4/c1-15-22(10-9-19-18-6-4-7-20(18)25(29)31-24(15)19)30-14-23(28)26-12-11-16-13-27-21-8-3-2-5-17(16)21/h2-3,5,8-10,13,27H,4,6-7,11-12,14H2,1H3,(H,26,28). The number of hydrogen-bond donors (Lipinski definition) is 2. The Bertz CT molecular complexity index is 1350. The second-order valence-corrected chi connectivity index (χ2v) is 8.01. The number of para-hydroxylation sites is 1. The van der Waals surface area contributed by atoms with Crippen LogP contribution >= 0.6 is 0 Å². The highest BCUT2D eigenvalue weighted by atomic mass is 16.5. The van der Waals surface area contributed by atoms with Crippen LogP contribution in [0.15, 0.2) is 51.8 Å². The Balaban J connectivity index is 1.22. The van der Waals surface area contributed by atoms with Gasteiger partial charge in [0.15, 0.2) is 6.61 Å². The lowest BCUT2D eigenvalue weighted by molar-refractivity contribution is -0.123. The number of fused-ring (bicyclic) bond motifs is 4. The second-order valence-electron chi connectivity index (χ2n) is 8.01. The fourth-order valence-electron chi connectivity index (χ4n) is 4.49. The first-order valence-corrected chi connectivity index (χ1v) is 10.6. The number of aromatic amines is 1. The van der Waals surface area contributed by atoms with E-state index >= 15 is 0 Å². The number of aromatic nitrogens is 1. The molecule has 0 fully saturated rings. The summed E-state index contributed by atoms with van der Waals surface area (Å²) in [6, 6.07) is 11.9. The highest BCUT2D eigenvalue weighted by molar-refractivity contribution is 5.86. The molecule has 0 aliphatic heterocycles. The van der Waals surface area contributed by atoms with Crippen molar-refractivity contribution in [2.45, 2.75) is 32.6 Å². The molecule has 4 aromatic rings. The molecular weight excluding hydrogens is 392 g/mol. The van der Waals surface area contributed by atoms with Crippen LogP contribution in [0.2, 0.25) is 0 Å². The molecular formula is C25H24N2O4. The Hall–Kier alpha value is -3.54. The van der Waals surface area contributed by atoms with Gasteiger partial charge in [0.1, 0.15) is 11.3 Å². The van der Waals surface area contributed by atoms with Gasteiger partial charge in [-0.3, -0.25) is 4.79 Å². The van der Waals surface area contributed by atoms with Crippen molar-refractivity contribution in [2.24, 2.45) is 0 Å². The van der Waals surface area contributed by atoms with Crippen LogP contribution in [0.25, 0.3) is 21.9 Å². The molecule has 0 radical (unpaired) electrons. The van der Waals surface area contributed by atoms with Gasteiger partial charge in [0.2, 0.25) is 0 Å². The Kier molecular flexibility index (Phi) is 4.98. The third-order valence-corrected chi connectivity index (χ3v) is 6.09. The molecule has 2 heterocycles. The summed E-state index contributed by atoms with van der Waals surface area (Å²) in [4.78, 5) is 27.8. The minimum atomic E-state index is -0.254. The molecule has 6 heteroatoms. The second kappa shape index (κ2) is 7.95. The summed E-state index contributed by atoms with van der Waals surface area (Å²) in [5.41, 5.74) is 5.21. The van der Waals surface area contributed by atoms with Crippen LogP contribution in [0.4, 0.5) is 0 Å². The first kappa shape index (κ1) is 19.4. The maximum absolute atomic E-state index is 12.3. The quantitative estimate of drug-likeness (QED) is 0.468. The Morgan fingerprint density at radius 2 is 1.97 bits per heavy atom. The summed E-state index contributed by atoms with van der Waals surface area (Å²) in [6.07, 6.45) is 5.38. The summed E-state index contributed by atoms with van der Waals surface area (Å²) in [7, 11) is 0. The van der Waals surface area contributed by atoms with Crippen molar-refractivity contribution in [1.82, 2.24) is 10.3 Å². The average molecular weight is 416 g/mol. The van der Waals surface area contributed by atoms with Gasteiger partial charge in [-0.2, -0.15) is 0 Å². The van der Waals surface area contributed by atoms with Gasteiger partial charge in [-0.25, -0.2) is 4.79 Å². The van der Waals surface area contributed by atoms with Gasteiger partial charge in [0.05, 0.1) is 0 Å². The zero-order valence-corrected chi connectivity index (χ0v) is 17.4. The highest BCUT2D eigenvalue weighted by Crippen LogP contribution is 2.32. The molecule has 0 unspecified atom stereocenters. The number of benzene rings is 2. The fourth-order valence-corrected chi connectivity index (χ4v) is 4.49. The van der Waals surface area contributed by atoms with E-state index < -0.39 is 0 Å². The van der Waals surface area contributed by atoms with Gasteiger partial charge in [0, 0.05) is 40.2 Å². The summed E-state index contributed by atoms with van der Waals surface area (Å²) in [5.74, 6) is 0.370. The number of aryl methyl sites for hydroxylation is 2. The van der Waals surface area contributed by atoms with E-state index in [0.717, 1.165) is 53.3 Å². The molecule has 2 aromatic heterocycles. The number of rotatable bonds is 6. The number of carbonyl (C=O) groups is 1. The van der Waals surface area contributed by atoms with Crippen molar-refractivity contribution in [3.63, 3.8) is 0 Å². The normalized spacial score (nSPS) is 12.9. The monoisotopic (exact) mass is 416 g/mol. The lowest BCUT2D eigenvalue weighted by Crippen LogP contribution is -2.30. The highest BCUT2D eigenvalue weighted by Gasteiger charge is 2.21. The van der Waals surface area contributed by atoms with E-state index in [0.29, 0.717) is 17.9 Å². The fraction of sp³-hybridized carbons (Fsp3) is 0.280. The number of H-pyrrole nitrogens is 1. The maximum atomic E-state index is 12.3. The van der Waals surface area contributed by atoms with E-state index in [-0.39, 0.29) is 18.1 Å². The van der Waals surface area contributed by atoms with E-state index in [1.54, 1.807) is 0 Å². The summed E-state index contributed by atoms with van der Waals surface area (Å²) < 4.78 is 11.3. The molecule has 31 heavy (non-hydrogen) atoms. The first-order valence-electron chi connectivity index (χ1n) is 10.6. The minimum Gasteiger partial charge on any atom is -0.483 e. The topological polar surface area (TPSA) is 84.3 Å². The van der Waals surface area contributed by atoms with Crippen LogP contribution in [0.3, 0.4) is 0 Å². The van der Waals surface area contributed by atoms with Crippen LogP contribution < -0.4 is 15.7 Å². The SMILES string of the molecule is Cc1c(OCC(=O)NCCc2c[nH]c3ccccc23)ccc2c3c(c(=O)oc12)CCC3. The molecule has 1 aliphatic carbocycles. The van der Waals surface area contributed by atoms with Gasteiger partial charge in [-0.05, 0) is 61.9 Å². The molecule has 0 saturated carbocycles. The van der Waals surface area contributed by atoms with Crippen molar-refractivity contribution in [3.05, 3.63) is 75.3 Å². The number of amides is 1. The summed E-state index contributed by atoms with van der Waals surface area (Å²) >= 11 is 0. The zero-order chi connectivity index (χ0) is 21.4. The van der Waals surface area contributed by atoms with Crippen molar-refractivity contribution in [1.29, 1.82) is 0 Å². The smallest absolute Gasteiger partial charge is 0.339 e. The molecule has 0 atom stereocenters. The Labute approximate surface area is 179 Å². The third kappa shape index (κ3) is 3.58. The summed E-state index contributed by atoms with van der Waals surface area (Å²) in [6.45, 7) is 2.30. The van der Waals surface area contributed by atoms with Gasteiger partial charge < -0.3 is 19.5 Å². The van der Waals surface area contributed by atoms with Crippen LogP contribution in [-0.2, 0) is 24.1 Å². The molecule has 158 valence electrons. The van der Waals surface area contributed by atoms with Gasteiger partial charge in [-0.15, -0.1) is 0 Å². The van der Waals surface area contributed by atoms with E-state index in [4.69, 9.17) is 9.15 Å². The molecule has 2 N–H and O–H groups in total. The van der Waals surface area contributed by atoms with Crippen molar-refractivity contribution in [3.8, 4) is 5.75 Å². The lowest BCUT2D eigenvalue weighted by Gasteiger charge is -2.12. The minimum absolute atomic E-state index is 0.0879. The number of ether oxygens (including phenoxy) is 1. The Morgan fingerprint density at radius 3 is 2.87 bits per heavy atom. The predicted molar refractivity (Wildman–Crippen MR) is 120 cm³/mol. The zero-order valence-electron chi connectivity index (χ0n) is 17.4. The van der Waals surface area contributed by atoms with Crippen LogP contribution in [-0.4, -0.2) is 24.0 Å². The first-order chi connectivity index (χ1) is 15.1. The number of carbonyl (C=O) groups excluding carboxylic acids is 1. The Morgan fingerprint density at radius 1 is 1.13 bits per heavy atom.